The standard InChI is InChI=1S/C12H18FN3O/c1-16-4-5-17-10(8-16)7-15-12-3-2-9(14)6-11(12)13/h2-3,6,10,15H,4-5,7-8,14H2,1H3. The number of hydrogen-bond donors (Lipinski definition) is 2. The molecule has 1 aliphatic rings. The second-order valence-corrected chi connectivity index (χ2v) is 4.38. The van der Waals surface area contributed by atoms with Crippen molar-refractivity contribution < 1.29 is 9.13 Å². The van der Waals surface area contributed by atoms with Crippen LogP contribution in [0.2, 0.25) is 0 Å². The molecule has 94 valence electrons. The van der Waals surface area contributed by atoms with Crippen molar-refractivity contribution in [2.24, 2.45) is 0 Å². The zero-order valence-electron chi connectivity index (χ0n) is 9.95. The van der Waals surface area contributed by atoms with Crippen LogP contribution in [-0.2, 0) is 4.74 Å². The van der Waals surface area contributed by atoms with E-state index in [0.717, 1.165) is 19.7 Å². The summed E-state index contributed by atoms with van der Waals surface area (Å²) in [6.07, 6.45) is 0.103. The maximum atomic E-state index is 13.5. The number of nitrogen functional groups attached to an aromatic ring is 1. The average Bonchev–Trinajstić information content (AvgIpc) is 2.28. The van der Waals surface area contributed by atoms with Gasteiger partial charge in [-0.15, -0.1) is 0 Å². The van der Waals surface area contributed by atoms with Gasteiger partial charge in [0.15, 0.2) is 0 Å². The summed E-state index contributed by atoms with van der Waals surface area (Å²) in [6.45, 7) is 3.15. The van der Waals surface area contributed by atoms with Crippen molar-refractivity contribution >= 4 is 11.4 Å². The number of nitrogens with zero attached hydrogens (tertiary/aromatic N) is 1. The minimum Gasteiger partial charge on any atom is -0.399 e. The number of halogens is 1. The van der Waals surface area contributed by atoms with Gasteiger partial charge in [-0.2, -0.15) is 0 Å². The molecule has 2 rings (SSSR count). The summed E-state index contributed by atoms with van der Waals surface area (Å²) >= 11 is 0. The molecular formula is C12H18FN3O. The molecule has 0 aliphatic carbocycles. The van der Waals surface area contributed by atoms with Crippen LogP contribution < -0.4 is 11.1 Å². The van der Waals surface area contributed by atoms with Gasteiger partial charge in [0.2, 0.25) is 0 Å². The Morgan fingerprint density at radius 2 is 2.41 bits per heavy atom. The molecule has 0 amide bonds. The number of hydrogen-bond acceptors (Lipinski definition) is 4. The van der Waals surface area contributed by atoms with Crippen LogP contribution in [0.25, 0.3) is 0 Å². The Balaban J connectivity index is 1.88. The zero-order chi connectivity index (χ0) is 12.3. The second-order valence-electron chi connectivity index (χ2n) is 4.38. The van der Waals surface area contributed by atoms with Gasteiger partial charge in [-0.3, -0.25) is 0 Å². The van der Waals surface area contributed by atoms with Gasteiger partial charge in [0, 0.05) is 25.3 Å². The summed E-state index contributed by atoms with van der Waals surface area (Å²) in [6, 6.07) is 4.65. The highest BCUT2D eigenvalue weighted by Crippen LogP contribution is 2.17. The number of ether oxygens (including phenoxy) is 1. The molecule has 1 aliphatic heterocycles. The van der Waals surface area contributed by atoms with Crippen LogP contribution in [0.1, 0.15) is 0 Å². The highest BCUT2D eigenvalue weighted by atomic mass is 19.1. The van der Waals surface area contributed by atoms with Gasteiger partial charge < -0.3 is 20.7 Å². The first kappa shape index (κ1) is 12.1. The van der Waals surface area contributed by atoms with Gasteiger partial charge in [-0.05, 0) is 25.2 Å². The molecule has 0 aromatic heterocycles. The van der Waals surface area contributed by atoms with Gasteiger partial charge in [0.1, 0.15) is 5.82 Å². The van der Waals surface area contributed by atoms with Crippen LogP contribution in [0.15, 0.2) is 18.2 Å². The van der Waals surface area contributed by atoms with Crippen LogP contribution in [-0.4, -0.2) is 44.3 Å². The Morgan fingerprint density at radius 3 is 3.12 bits per heavy atom. The molecule has 0 spiro atoms. The first-order valence-electron chi connectivity index (χ1n) is 5.74. The highest BCUT2D eigenvalue weighted by Gasteiger charge is 2.17. The van der Waals surface area contributed by atoms with Crippen molar-refractivity contribution in [1.82, 2.24) is 4.90 Å². The summed E-state index contributed by atoms with van der Waals surface area (Å²) in [7, 11) is 2.05. The molecule has 17 heavy (non-hydrogen) atoms. The zero-order valence-corrected chi connectivity index (χ0v) is 9.95. The minimum atomic E-state index is -0.325. The summed E-state index contributed by atoms with van der Waals surface area (Å²) in [5.41, 5.74) is 6.39. The minimum absolute atomic E-state index is 0.103. The third-order valence-electron chi connectivity index (χ3n) is 2.86. The largest absolute Gasteiger partial charge is 0.399 e. The van der Waals surface area contributed by atoms with Crippen LogP contribution >= 0.6 is 0 Å². The van der Waals surface area contributed by atoms with E-state index in [1.54, 1.807) is 12.1 Å². The molecule has 0 bridgehead atoms. The number of benzene rings is 1. The number of morpholine rings is 1. The van der Waals surface area contributed by atoms with Gasteiger partial charge in [-0.25, -0.2) is 4.39 Å². The highest BCUT2D eigenvalue weighted by molar-refractivity contribution is 5.52. The number of nitrogens with one attached hydrogen (secondary N) is 1. The van der Waals surface area contributed by atoms with E-state index in [2.05, 4.69) is 17.3 Å². The van der Waals surface area contributed by atoms with Crippen molar-refractivity contribution in [2.75, 3.05) is 44.3 Å². The van der Waals surface area contributed by atoms with Gasteiger partial charge in [0.05, 0.1) is 18.4 Å². The molecule has 1 aromatic rings. The predicted molar refractivity (Wildman–Crippen MR) is 66.5 cm³/mol. The van der Waals surface area contributed by atoms with Crippen molar-refractivity contribution in [3.63, 3.8) is 0 Å². The van der Waals surface area contributed by atoms with E-state index in [1.807, 2.05) is 0 Å². The second kappa shape index (κ2) is 5.33. The Morgan fingerprint density at radius 1 is 1.59 bits per heavy atom. The average molecular weight is 239 g/mol. The lowest BCUT2D eigenvalue weighted by Crippen LogP contribution is -2.43. The molecular weight excluding hydrogens is 221 g/mol. The number of anilines is 2. The smallest absolute Gasteiger partial charge is 0.148 e. The summed E-state index contributed by atoms with van der Waals surface area (Å²) in [5.74, 6) is -0.325. The van der Waals surface area contributed by atoms with Gasteiger partial charge >= 0.3 is 0 Å². The quantitative estimate of drug-likeness (QED) is 0.777. The Bertz CT molecular complexity index is 386. The van der Waals surface area contributed by atoms with Crippen molar-refractivity contribution in [3.8, 4) is 0 Å². The Labute approximate surface area is 101 Å². The lowest BCUT2D eigenvalue weighted by molar-refractivity contribution is -0.0117. The van der Waals surface area contributed by atoms with E-state index < -0.39 is 0 Å². The van der Waals surface area contributed by atoms with E-state index >= 15 is 0 Å². The first-order valence-corrected chi connectivity index (χ1v) is 5.74. The molecule has 1 heterocycles. The molecule has 3 N–H and O–H groups in total. The fourth-order valence-corrected chi connectivity index (χ4v) is 1.89. The molecule has 0 saturated carbocycles. The topological polar surface area (TPSA) is 50.5 Å². The molecule has 0 radical (unpaired) electrons. The Hall–Kier alpha value is -1.33. The maximum Gasteiger partial charge on any atom is 0.148 e. The number of nitrogens with two attached hydrogens (primary N) is 1. The Kier molecular flexibility index (Phi) is 3.81. The first-order chi connectivity index (χ1) is 8.15. The fraction of sp³-hybridized carbons (Fsp3) is 0.500. The van der Waals surface area contributed by atoms with Crippen LogP contribution in [0.4, 0.5) is 15.8 Å². The third-order valence-corrected chi connectivity index (χ3v) is 2.86. The van der Waals surface area contributed by atoms with Crippen molar-refractivity contribution in [3.05, 3.63) is 24.0 Å². The predicted octanol–water partition coefficient (Wildman–Crippen LogP) is 1.15. The third kappa shape index (κ3) is 3.31. The fourth-order valence-electron chi connectivity index (χ4n) is 1.89. The number of rotatable bonds is 3. The van der Waals surface area contributed by atoms with Crippen LogP contribution in [0.3, 0.4) is 0 Å². The molecule has 5 heteroatoms. The van der Waals surface area contributed by atoms with E-state index in [9.17, 15) is 4.39 Å². The number of likely N-dealkylation sites (N-methyl/N-ethyl adjacent to an activating group) is 1. The normalized spacial score (nSPS) is 21.4. The van der Waals surface area contributed by atoms with E-state index in [0.29, 0.717) is 17.9 Å². The molecule has 1 fully saturated rings. The van der Waals surface area contributed by atoms with Crippen molar-refractivity contribution in [2.45, 2.75) is 6.10 Å². The molecule has 1 saturated heterocycles. The molecule has 1 unspecified atom stereocenters. The summed E-state index contributed by atoms with van der Waals surface area (Å²) < 4.78 is 19.1. The van der Waals surface area contributed by atoms with E-state index in [1.165, 1.54) is 6.07 Å². The molecule has 1 aromatic carbocycles. The van der Waals surface area contributed by atoms with Gasteiger partial charge in [0.25, 0.3) is 0 Å². The van der Waals surface area contributed by atoms with E-state index in [-0.39, 0.29) is 11.9 Å². The van der Waals surface area contributed by atoms with Crippen molar-refractivity contribution in [1.29, 1.82) is 0 Å². The van der Waals surface area contributed by atoms with Crippen LogP contribution in [0, 0.1) is 5.82 Å². The molecule has 1 atom stereocenters. The summed E-state index contributed by atoms with van der Waals surface area (Å²) in [4.78, 5) is 2.20. The SMILES string of the molecule is CN1CCOC(CNc2ccc(N)cc2F)C1. The monoisotopic (exact) mass is 239 g/mol. The van der Waals surface area contributed by atoms with E-state index in [4.69, 9.17) is 10.5 Å². The molecule has 4 nitrogen and oxygen atoms in total. The summed E-state index contributed by atoms with van der Waals surface area (Å²) in [5, 5.41) is 3.05. The lowest BCUT2D eigenvalue weighted by atomic mass is 10.2. The van der Waals surface area contributed by atoms with Gasteiger partial charge in [-0.1, -0.05) is 0 Å². The lowest BCUT2D eigenvalue weighted by Gasteiger charge is -2.30. The maximum absolute atomic E-state index is 13.5. The van der Waals surface area contributed by atoms with Crippen LogP contribution in [0.5, 0.6) is 0 Å².